The van der Waals surface area contributed by atoms with Crippen LogP contribution < -0.4 is 4.90 Å². The van der Waals surface area contributed by atoms with Crippen molar-refractivity contribution in [2.24, 2.45) is 0 Å². The van der Waals surface area contributed by atoms with Crippen LogP contribution >= 0.6 is 15.9 Å². The van der Waals surface area contributed by atoms with Gasteiger partial charge in [-0.25, -0.2) is 4.79 Å². The van der Waals surface area contributed by atoms with Crippen LogP contribution in [0.4, 0.5) is 23.7 Å². The smallest absolute Gasteiger partial charge is 0.416 e. The van der Waals surface area contributed by atoms with Crippen molar-refractivity contribution < 1.29 is 23.1 Å². The van der Waals surface area contributed by atoms with Gasteiger partial charge in [-0.1, -0.05) is 0 Å². The summed E-state index contributed by atoms with van der Waals surface area (Å²) in [6.07, 6.45) is -4.00. The molecular weight excluding hydrogens is 365 g/mol. The van der Waals surface area contributed by atoms with E-state index in [0.717, 1.165) is 12.1 Å². The molecule has 1 fully saturated rings. The van der Waals surface area contributed by atoms with Crippen LogP contribution in [0.15, 0.2) is 22.7 Å². The summed E-state index contributed by atoms with van der Waals surface area (Å²) >= 11 is 3.20. The highest BCUT2D eigenvalue weighted by Crippen LogP contribution is 2.36. The number of rotatable bonds is 2. The van der Waals surface area contributed by atoms with Gasteiger partial charge in [0.15, 0.2) is 0 Å². The van der Waals surface area contributed by atoms with Gasteiger partial charge < -0.3 is 14.9 Å². The van der Waals surface area contributed by atoms with Gasteiger partial charge >= 0.3 is 12.3 Å². The Morgan fingerprint density at radius 3 is 2.41 bits per heavy atom. The minimum atomic E-state index is -4.37. The number of halogens is 4. The lowest BCUT2D eigenvalue weighted by Crippen LogP contribution is -2.45. The van der Waals surface area contributed by atoms with E-state index in [2.05, 4.69) is 15.9 Å². The number of carbonyl (C=O) groups is 1. The standard InChI is InChI=1S/C14H16BrF3N2O2/c1-19(10-4-6-20(7-5-10)13(21)22)12-3-2-9(8-11(12)15)14(16,17)18/h2-3,8,10H,4-7H2,1H3,(H,21,22). The molecule has 0 unspecified atom stereocenters. The molecule has 8 heteroatoms. The summed E-state index contributed by atoms with van der Waals surface area (Å²) in [5.41, 5.74) is -0.0287. The SMILES string of the molecule is CN(c1ccc(C(F)(F)F)cc1Br)C1CCN(C(=O)O)CC1. The minimum absolute atomic E-state index is 0.101. The number of hydrogen-bond donors (Lipinski definition) is 1. The summed E-state index contributed by atoms with van der Waals surface area (Å²) in [6.45, 7) is 0.866. The molecule has 4 nitrogen and oxygen atoms in total. The third kappa shape index (κ3) is 3.66. The molecule has 0 aliphatic carbocycles. The van der Waals surface area contributed by atoms with Crippen molar-refractivity contribution in [3.8, 4) is 0 Å². The molecular formula is C14H16BrF3N2O2. The maximum atomic E-state index is 12.7. The molecule has 1 aromatic carbocycles. The normalized spacial score (nSPS) is 16.7. The fourth-order valence-corrected chi connectivity index (χ4v) is 3.27. The van der Waals surface area contributed by atoms with Crippen LogP contribution in [0.5, 0.6) is 0 Å². The lowest BCUT2D eigenvalue weighted by molar-refractivity contribution is -0.137. The van der Waals surface area contributed by atoms with E-state index in [1.165, 1.54) is 11.0 Å². The second kappa shape index (κ2) is 6.36. The molecule has 1 amide bonds. The second-order valence-corrected chi connectivity index (χ2v) is 6.13. The third-order valence-electron chi connectivity index (χ3n) is 3.94. The lowest BCUT2D eigenvalue weighted by atomic mass is 10.0. The van der Waals surface area contributed by atoms with Gasteiger partial charge in [-0.3, -0.25) is 0 Å². The van der Waals surface area contributed by atoms with Crippen LogP contribution in [0.3, 0.4) is 0 Å². The minimum Gasteiger partial charge on any atom is -0.465 e. The first-order valence-electron chi connectivity index (χ1n) is 6.77. The van der Waals surface area contributed by atoms with Crippen molar-refractivity contribution in [1.29, 1.82) is 0 Å². The first kappa shape index (κ1) is 16.9. The molecule has 122 valence electrons. The summed E-state index contributed by atoms with van der Waals surface area (Å²) in [6, 6.07) is 3.67. The summed E-state index contributed by atoms with van der Waals surface area (Å²) in [4.78, 5) is 14.1. The zero-order valence-corrected chi connectivity index (χ0v) is 13.5. The highest BCUT2D eigenvalue weighted by Gasteiger charge is 2.32. The predicted molar refractivity (Wildman–Crippen MR) is 80.2 cm³/mol. The maximum Gasteiger partial charge on any atom is 0.416 e. The molecule has 0 saturated carbocycles. The first-order chi connectivity index (χ1) is 10.2. The van der Waals surface area contributed by atoms with Gasteiger partial charge in [-0.2, -0.15) is 13.2 Å². The number of anilines is 1. The number of benzene rings is 1. The number of nitrogens with zero attached hydrogens (tertiary/aromatic N) is 2. The van der Waals surface area contributed by atoms with Crippen molar-refractivity contribution in [3.63, 3.8) is 0 Å². The Morgan fingerprint density at radius 2 is 1.95 bits per heavy atom. The summed E-state index contributed by atoms with van der Waals surface area (Å²) in [5, 5.41) is 8.93. The number of carboxylic acid groups (broad SMARTS) is 1. The molecule has 1 saturated heterocycles. The van der Waals surface area contributed by atoms with Crippen LogP contribution in [-0.4, -0.2) is 42.3 Å². The predicted octanol–water partition coefficient (Wildman–Crippen LogP) is 4.05. The quantitative estimate of drug-likeness (QED) is 0.841. The molecule has 0 radical (unpaired) electrons. The van der Waals surface area contributed by atoms with E-state index in [4.69, 9.17) is 5.11 Å². The van der Waals surface area contributed by atoms with E-state index in [1.54, 1.807) is 0 Å². The van der Waals surface area contributed by atoms with E-state index >= 15 is 0 Å². The highest BCUT2D eigenvalue weighted by molar-refractivity contribution is 9.10. The Hall–Kier alpha value is -1.44. The van der Waals surface area contributed by atoms with Crippen molar-refractivity contribution >= 4 is 27.7 Å². The average Bonchev–Trinajstić information content (AvgIpc) is 2.45. The van der Waals surface area contributed by atoms with E-state index in [9.17, 15) is 18.0 Å². The number of alkyl halides is 3. The molecule has 0 bridgehead atoms. The van der Waals surface area contributed by atoms with Crippen molar-refractivity contribution in [2.45, 2.75) is 25.1 Å². The van der Waals surface area contributed by atoms with Crippen LogP contribution in [0.25, 0.3) is 0 Å². The first-order valence-corrected chi connectivity index (χ1v) is 7.57. The van der Waals surface area contributed by atoms with Crippen molar-refractivity contribution in [2.75, 3.05) is 25.0 Å². The molecule has 0 spiro atoms. The molecule has 1 aliphatic rings. The summed E-state index contributed by atoms with van der Waals surface area (Å²) in [7, 11) is 1.81. The van der Waals surface area contributed by atoms with Gasteiger partial charge in [0, 0.05) is 30.7 Å². The van der Waals surface area contributed by atoms with Gasteiger partial charge in [-0.05, 0) is 47.0 Å². The number of amides is 1. The van der Waals surface area contributed by atoms with Crippen molar-refractivity contribution in [3.05, 3.63) is 28.2 Å². The zero-order valence-electron chi connectivity index (χ0n) is 11.9. The lowest BCUT2D eigenvalue weighted by Gasteiger charge is -2.37. The van der Waals surface area contributed by atoms with Gasteiger partial charge in [0.25, 0.3) is 0 Å². The van der Waals surface area contributed by atoms with Crippen LogP contribution in [0, 0.1) is 0 Å². The fourth-order valence-electron chi connectivity index (χ4n) is 2.61. The Kier molecular flexibility index (Phi) is 4.89. The van der Waals surface area contributed by atoms with Gasteiger partial charge in [0.1, 0.15) is 0 Å². The van der Waals surface area contributed by atoms with E-state index in [1.807, 2.05) is 11.9 Å². The summed E-state index contributed by atoms with van der Waals surface area (Å²) in [5.74, 6) is 0. The Bertz CT molecular complexity index is 558. The number of likely N-dealkylation sites (tertiary alicyclic amines) is 1. The number of hydrogen-bond acceptors (Lipinski definition) is 2. The number of piperidine rings is 1. The second-order valence-electron chi connectivity index (χ2n) is 5.28. The van der Waals surface area contributed by atoms with Crippen LogP contribution in [0.2, 0.25) is 0 Å². The molecule has 1 aliphatic heterocycles. The summed E-state index contributed by atoms with van der Waals surface area (Å²) < 4.78 is 38.4. The Balaban J connectivity index is 2.10. The van der Waals surface area contributed by atoms with Crippen LogP contribution in [0.1, 0.15) is 18.4 Å². The van der Waals surface area contributed by atoms with E-state index in [-0.39, 0.29) is 6.04 Å². The van der Waals surface area contributed by atoms with Gasteiger partial charge in [-0.15, -0.1) is 0 Å². The zero-order chi connectivity index (χ0) is 16.5. The van der Waals surface area contributed by atoms with Gasteiger partial charge in [0.2, 0.25) is 0 Å². The van der Waals surface area contributed by atoms with Gasteiger partial charge in [0.05, 0.1) is 11.3 Å². The molecule has 2 rings (SSSR count). The molecule has 1 aromatic rings. The fraction of sp³-hybridized carbons (Fsp3) is 0.500. The Morgan fingerprint density at radius 1 is 1.36 bits per heavy atom. The third-order valence-corrected chi connectivity index (χ3v) is 4.57. The van der Waals surface area contributed by atoms with E-state index in [0.29, 0.717) is 36.1 Å². The average molecular weight is 381 g/mol. The molecule has 1 N–H and O–H groups in total. The molecule has 0 aromatic heterocycles. The van der Waals surface area contributed by atoms with Crippen LogP contribution in [-0.2, 0) is 6.18 Å². The van der Waals surface area contributed by atoms with E-state index < -0.39 is 17.8 Å². The Labute approximate surface area is 134 Å². The highest BCUT2D eigenvalue weighted by atomic mass is 79.9. The largest absolute Gasteiger partial charge is 0.465 e. The maximum absolute atomic E-state index is 12.7. The topological polar surface area (TPSA) is 43.8 Å². The molecule has 1 heterocycles. The molecule has 0 atom stereocenters. The van der Waals surface area contributed by atoms with Crippen molar-refractivity contribution in [1.82, 2.24) is 4.90 Å². The monoisotopic (exact) mass is 380 g/mol. The molecule has 22 heavy (non-hydrogen) atoms.